The van der Waals surface area contributed by atoms with E-state index in [0.717, 1.165) is 103 Å². The Labute approximate surface area is 465 Å². The van der Waals surface area contributed by atoms with E-state index < -0.39 is 6.10 Å². The average Bonchev–Trinajstić information content (AvgIpc) is 3.41. The molecule has 0 aromatic rings. The SMILES string of the molecule is CC/C=C\C/C=C\C/C=C\C/C=C\CCCCCCCCCCCCCCCCCCC(=O)OCC(COC(=O)CCCCCCC/C=C\CCCC)OC(=O)CCCCCCCCC/C=C\C/C=C\CCCCC. The first-order valence-corrected chi connectivity index (χ1v) is 32.1. The molecule has 0 aromatic carbocycles. The van der Waals surface area contributed by atoms with Gasteiger partial charge in [0.15, 0.2) is 6.10 Å². The van der Waals surface area contributed by atoms with Crippen molar-refractivity contribution in [2.45, 2.75) is 322 Å². The molecule has 432 valence electrons. The van der Waals surface area contributed by atoms with Crippen LogP contribution in [0.1, 0.15) is 316 Å². The van der Waals surface area contributed by atoms with E-state index >= 15 is 0 Å². The molecule has 0 aliphatic heterocycles. The third kappa shape index (κ3) is 61.3. The van der Waals surface area contributed by atoms with Crippen LogP contribution in [0.3, 0.4) is 0 Å². The lowest BCUT2D eigenvalue weighted by molar-refractivity contribution is -0.167. The molecule has 0 fully saturated rings. The smallest absolute Gasteiger partial charge is 0.306 e. The van der Waals surface area contributed by atoms with Crippen molar-refractivity contribution in [1.82, 2.24) is 0 Å². The van der Waals surface area contributed by atoms with Gasteiger partial charge in [-0.2, -0.15) is 0 Å². The molecule has 0 aromatic heterocycles. The highest BCUT2D eigenvalue weighted by atomic mass is 16.6. The van der Waals surface area contributed by atoms with E-state index in [4.69, 9.17) is 14.2 Å². The molecule has 0 bridgehead atoms. The molecule has 0 rings (SSSR count). The Bertz CT molecular complexity index is 1430. The van der Waals surface area contributed by atoms with Crippen molar-refractivity contribution in [2.24, 2.45) is 0 Å². The van der Waals surface area contributed by atoms with Crippen molar-refractivity contribution in [3.63, 3.8) is 0 Å². The van der Waals surface area contributed by atoms with Crippen LogP contribution in [0.25, 0.3) is 0 Å². The van der Waals surface area contributed by atoms with Gasteiger partial charge in [-0.1, -0.05) is 273 Å². The molecule has 0 aliphatic carbocycles. The summed E-state index contributed by atoms with van der Waals surface area (Å²) in [6, 6.07) is 0. The maximum absolute atomic E-state index is 12.9. The maximum atomic E-state index is 12.9. The normalized spacial score (nSPS) is 12.6. The Hall–Kier alpha value is -3.41. The quantitative estimate of drug-likeness (QED) is 0.0261. The summed E-state index contributed by atoms with van der Waals surface area (Å²) in [7, 11) is 0. The molecule has 0 spiro atoms. The summed E-state index contributed by atoms with van der Waals surface area (Å²) >= 11 is 0. The fourth-order valence-corrected chi connectivity index (χ4v) is 9.03. The molecule has 6 nitrogen and oxygen atoms in total. The van der Waals surface area contributed by atoms with Crippen LogP contribution in [0.4, 0.5) is 0 Å². The van der Waals surface area contributed by atoms with Crippen molar-refractivity contribution in [3.8, 4) is 0 Å². The highest BCUT2D eigenvalue weighted by Gasteiger charge is 2.19. The second kappa shape index (κ2) is 63.1. The zero-order chi connectivity index (χ0) is 54.3. The summed E-state index contributed by atoms with van der Waals surface area (Å²) in [6.07, 6.45) is 83.1. The fraction of sp³-hybridized carbons (Fsp3) is 0.754. The molecule has 0 aliphatic rings. The van der Waals surface area contributed by atoms with Gasteiger partial charge < -0.3 is 14.2 Å². The number of ether oxygens (including phenoxy) is 3. The summed E-state index contributed by atoms with van der Waals surface area (Å²) < 4.78 is 16.9. The predicted molar refractivity (Wildman–Crippen MR) is 325 cm³/mol. The van der Waals surface area contributed by atoms with Gasteiger partial charge in [0.2, 0.25) is 0 Å². The monoisotopic (exact) mass is 1040 g/mol. The van der Waals surface area contributed by atoms with Gasteiger partial charge in [0.05, 0.1) is 0 Å². The summed E-state index contributed by atoms with van der Waals surface area (Å²) in [4.78, 5) is 38.2. The minimum atomic E-state index is -0.783. The predicted octanol–water partition coefficient (Wildman–Crippen LogP) is 21.9. The number of hydrogen-bond acceptors (Lipinski definition) is 6. The first-order valence-electron chi connectivity index (χ1n) is 32.1. The van der Waals surface area contributed by atoms with Crippen molar-refractivity contribution >= 4 is 17.9 Å². The van der Waals surface area contributed by atoms with Gasteiger partial charge in [-0.3, -0.25) is 14.4 Å². The van der Waals surface area contributed by atoms with Crippen LogP contribution in [0, 0.1) is 0 Å². The van der Waals surface area contributed by atoms with Gasteiger partial charge in [-0.25, -0.2) is 0 Å². The van der Waals surface area contributed by atoms with Crippen LogP contribution in [0.2, 0.25) is 0 Å². The van der Waals surface area contributed by atoms with E-state index in [1.807, 2.05) is 0 Å². The van der Waals surface area contributed by atoms with Gasteiger partial charge >= 0.3 is 17.9 Å². The zero-order valence-electron chi connectivity index (χ0n) is 49.6. The van der Waals surface area contributed by atoms with Crippen LogP contribution >= 0.6 is 0 Å². The van der Waals surface area contributed by atoms with Gasteiger partial charge in [-0.15, -0.1) is 0 Å². The molecule has 1 unspecified atom stereocenters. The molecular weight excluding hydrogens is 925 g/mol. The zero-order valence-corrected chi connectivity index (χ0v) is 49.6. The van der Waals surface area contributed by atoms with E-state index in [2.05, 4.69) is 106 Å². The van der Waals surface area contributed by atoms with E-state index in [-0.39, 0.29) is 31.1 Å². The standard InChI is InChI=1S/C69H120O6/c1-4-7-10-13-16-19-22-24-26-28-29-30-31-32-33-34-35-36-37-38-39-41-42-44-47-50-53-56-59-62-68(71)74-65-66(64-73-67(70)61-58-55-52-49-46-21-18-15-12-9-6-3)75-69(72)63-60-57-54-51-48-45-43-40-27-25-23-20-17-14-11-8-5-2/h7,10,15-20,24-27,29-30,66H,4-6,8-9,11-14,21-23,28,31-65H2,1-3H3/b10-7-,18-15-,19-16-,20-17-,26-24-,27-25-,30-29-. The molecular formula is C69H120O6. The van der Waals surface area contributed by atoms with E-state index in [9.17, 15) is 14.4 Å². The Morgan fingerprint density at radius 3 is 0.867 bits per heavy atom. The molecule has 1 atom stereocenters. The largest absolute Gasteiger partial charge is 0.462 e. The lowest BCUT2D eigenvalue weighted by Crippen LogP contribution is -2.30. The van der Waals surface area contributed by atoms with Crippen molar-refractivity contribution in [3.05, 3.63) is 85.1 Å². The van der Waals surface area contributed by atoms with Gasteiger partial charge in [0.1, 0.15) is 13.2 Å². The third-order valence-electron chi connectivity index (χ3n) is 13.9. The summed E-state index contributed by atoms with van der Waals surface area (Å²) in [6.45, 7) is 6.48. The van der Waals surface area contributed by atoms with Gasteiger partial charge in [0.25, 0.3) is 0 Å². The first-order chi connectivity index (χ1) is 37.0. The van der Waals surface area contributed by atoms with Crippen LogP contribution < -0.4 is 0 Å². The Kier molecular flexibility index (Phi) is 60.3. The lowest BCUT2D eigenvalue weighted by Gasteiger charge is -2.18. The molecule has 0 radical (unpaired) electrons. The Morgan fingerprint density at radius 2 is 0.533 bits per heavy atom. The number of carbonyl (C=O) groups excluding carboxylic acids is 3. The summed E-state index contributed by atoms with van der Waals surface area (Å²) in [5.41, 5.74) is 0. The van der Waals surface area contributed by atoms with Crippen LogP contribution in [0.15, 0.2) is 85.1 Å². The number of carbonyl (C=O) groups is 3. The molecule has 0 saturated heterocycles. The lowest BCUT2D eigenvalue weighted by atomic mass is 10.0. The van der Waals surface area contributed by atoms with E-state index in [0.29, 0.717) is 19.3 Å². The second-order valence-electron chi connectivity index (χ2n) is 21.3. The van der Waals surface area contributed by atoms with E-state index in [1.165, 1.54) is 173 Å². The number of allylic oxidation sites excluding steroid dienone is 14. The number of esters is 3. The summed E-state index contributed by atoms with van der Waals surface area (Å²) in [5, 5.41) is 0. The number of hydrogen-bond donors (Lipinski definition) is 0. The first kappa shape index (κ1) is 71.6. The number of unbranched alkanes of at least 4 members (excludes halogenated alkanes) is 33. The van der Waals surface area contributed by atoms with Crippen LogP contribution in [0.5, 0.6) is 0 Å². The minimum Gasteiger partial charge on any atom is -0.462 e. The average molecular weight is 1050 g/mol. The van der Waals surface area contributed by atoms with Crippen molar-refractivity contribution in [1.29, 1.82) is 0 Å². The molecule has 0 heterocycles. The minimum absolute atomic E-state index is 0.0799. The Balaban J connectivity index is 4.19. The summed E-state index contributed by atoms with van der Waals surface area (Å²) in [5.74, 6) is -0.886. The van der Waals surface area contributed by atoms with Crippen LogP contribution in [-0.2, 0) is 28.6 Å². The maximum Gasteiger partial charge on any atom is 0.306 e. The second-order valence-corrected chi connectivity index (χ2v) is 21.3. The van der Waals surface area contributed by atoms with Crippen LogP contribution in [-0.4, -0.2) is 37.2 Å². The number of rotatable bonds is 58. The molecule has 75 heavy (non-hydrogen) atoms. The topological polar surface area (TPSA) is 78.9 Å². The van der Waals surface area contributed by atoms with E-state index in [1.54, 1.807) is 0 Å². The fourth-order valence-electron chi connectivity index (χ4n) is 9.03. The highest BCUT2D eigenvalue weighted by molar-refractivity contribution is 5.71. The molecule has 6 heteroatoms. The molecule has 0 saturated carbocycles. The molecule has 0 amide bonds. The van der Waals surface area contributed by atoms with Gasteiger partial charge in [0, 0.05) is 19.3 Å². The Morgan fingerprint density at radius 1 is 0.280 bits per heavy atom. The van der Waals surface area contributed by atoms with Crippen molar-refractivity contribution in [2.75, 3.05) is 13.2 Å². The highest BCUT2D eigenvalue weighted by Crippen LogP contribution is 2.17. The van der Waals surface area contributed by atoms with Gasteiger partial charge in [-0.05, 0) is 109 Å². The third-order valence-corrected chi connectivity index (χ3v) is 13.9. The molecule has 0 N–H and O–H groups in total. The van der Waals surface area contributed by atoms with Crippen molar-refractivity contribution < 1.29 is 28.6 Å².